The first kappa shape index (κ1) is 18.3. The standard InChI is InChI=1S/C19H24N2O5/c1-13-6-7-16(17(9-13)23-3)25-12-18-20-15(11-26-18)19(22)21(2)10-14-5-4-8-24-14/h6-7,9,11,14H,4-5,8,10,12H2,1-3H3/t14-/m1/s1. The molecule has 1 amide bonds. The minimum Gasteiger partial charge on any atom is -0.493 e. The van der Waals surface area contributed by atoms with Crippen molar-refractivity contribution < 1.29 is 23.4 Å². The van der Waals surface area contributed by atoms with Gasteiger partial charge in [0.2, 0.25) is 5.89 Å². The summed E-state index contributed by atoms with van der Waals surface area (Å²) in [5.41, 5.74) is 1.34. The van der Waals surface area contributed by atoms with E-state index in [2.05, 4.69) is 4.98 Å². The Balaban J connectivity index is 1.58. The van der Waals surface area contributed by atoms with Gasteiger partial charge in [0.05, 0.1) is 13.2 Å². The van der Waals surface area contributed by atoms with E-state index in [1.165, 1.54) is 6.26 Å². The number of hydrogen-bond acceptors (Lipinski definition) is 6. The van der Waals surface area contributed by atoms with Crippen LogP contribution in [-0.2, 0) is 11.3 Å². The minimum atomic E-state index is -0.191. The molecule has 3 rings (SSSR count). The van der Waals surface area contributed by atoms with Crippen LogP contribution in [0.4, 0.5) is 0 Å². The number of amides is 1. The van der Waals surface area contributed by atoms with Crippen molar-refractivity contribution in [1.82, 2.24) is 9.88 Å². The van der Waals surface area contributed by atoms with Gasteiger partial charge in [0.25, 0.3) is 5.91 Å². The average molecular weight is 360 g/mol. The summed E-state index contributed by atoms with van der Waals surface area (Å²) in [6, 6.07) is 5.65. The SMILES string of the molecule is COc1cc(C)ccc1OCc1nc(C(=O)N(C)C[C@H]2CCCO2)co1. The predicted molar refractivity (Wildman–Crippen MR) is 94.5 cm³/mol. The van der Waals surface area contributed by atoms with E-state index < -0.39 is 0 Å². The van der Waals surface area contributed by atoms with Crippen molar-refractivity contribution in [1.29, 1.82) is 0 Å². The molecule has 0 saturated carbocycles. The van der Waals surface area contributed by atoms with Crippen molar-refractivity contribution in [2.45, 2.75) is 32.5 Å². The van der Waals surface area contributed by atoms with Gasteiger partial charge in [-0.05, 0) is 37.5 Å². The molecule has 1 aromatic carbocycles. The molecule has 1 atom stereocenters. The molecule has 0 N–H and O–H groups in total. The number of carbonyl (C=O) groups is 1. The summed E-state index contributed by atoms with van der Waals surface area (Å²) in [4.78, 5) is 18.3. The molecule has 7 nitrogen and oxygen atoms in total. The van der Waals surface area contributed by atoms with Crippen LogP contribution in [0.2, 0.25) is 0 Å². The fourth-order valence-corrected chi connectivity index (χ4v) is 2.88. The second kappa shape index (κ2) is 8.23. The van der Waals surface area contributed by atoms with E-state index in [0.717, 1.165) is 25.0 Å². The number of carbonyl (C=O) groups excluding carboxylic acids is 1. The number of benzene rings is 1. The van der Waals surface area contributed by atoms with Crippen LogP contribution in [0, 0.1) is 6.92 Å². The molecule has 1 fully saturated rings. The van der Waals surface area contributed by atoms with Crippen molar-refractivity contribution in [3.63, 3.8) is 0 Å². The molecular weight excluding hydrogens is 336 g/mol. The fraction of sp³-hybridized carbons (Fsp3) is 0.474. The normalized spacial score (nSPS) is 16.5. The van der Waals surface area contributed by atoms with Crippen LogP contribution in [0.25, 0.3) is 0 Å². The van der Waals surface area contributed by atoms with Gasteiger partial charge in [-0.2, -0.15) is 0 Å². The van der Waals surface area contributed by atoms with E-state index in [0.29, 0.717) is 23.9 Å². The lowest BCUT2D eigenvalue weighted by atomic mass is 10.2. The Morgan fingerprint density at radius 2 is 2.23 bits per heavy atom. The Bertz CT molecular complexity index is 752. The first-order valence-electron chi connectivity index (χ1n) is 8.65. The monoisotopic (exact) mass is 360 g/mol. The predicted octanol–water partition coefficient (Wildman–Crippen LogP) is 2.82. The number of aryl methyl sites for hydroxylation is 1. The van der Waals surface area contributed by atoms with E-state index in [-0.39, 0.29) is 24.3 Å². The number of methoxy groups -OCH3 is 1. The van der Waals surface area contributed by atoms with Crippen molar-refractivity contribution in [3.05, 3.63) is 41.6 Å². The maximum Gasteiger partial charge on any atom is 0.275 e. The summed E-state index contributed by atoms with van der Waals surface area (Å²) in [5.74, 6) is 1.38. The molecule has 0 spiro atoms. The van der Waals surface area contributed by atoms with Gasteiger partial charge in [-0.15, -0.1) is 0 Å². The molecule has 2 heterocycles. The van der Waals surface area contributed by atoms with Gasteiger partial charge >= 0.3 is 0 Å². The summed E-state index contributed by atoms with van der Waals surface area (Å²) in [6.07, 6.45) is 3.49. The number of ether oxygens (including phenoxy) is 3. The summed E-state index contributed by atoms with van der Waals surface area (Å²) >= 11 is 0. The first-order chi connectivity index (χ1) is 12.6. The number of aromatic nitrogens is 1. The zero-order chi connectivity index (χ0) is 18.5. The molecule has 1 aromatic heterocycles. The lowest BCUT2D eigenvalue weighted by Crippen LogP contribution is -2.34. The Kier molecular flexibility index (Phi) is 5.78. The topological polar surface area (TPSA) is 74.0 Å². The highest BCUT2D eigenvalue weighted by molar-refractivity contribution is 5.91. The third-order valence-electron chi connectivity index (χ3n) is 4.29. The van der Waals surface area contributed by atoms with Crippen LogP contribution in [0.15, 0.2) is 28.9 Å². The van der Waals surface area contributed by atoms with Crippen molar-refractivity contribution in [2.75, 3.05) is 27.3 Å². The Morgan fingerprint density at radius 3 is 2.96 bits per heavy atom. The zero-order valence-electron chi connectivity index (χ0n) is 15.4. The minimum absolute atomic E-state index is 0.104. The number of hydrogen-bond donors (Lipinski definition) is 0. The number of oxazole rings is 1. The number of rotatable bonds is 7. The van der Waals surface area contributed by atoms with Gasteiger partial charge in [-0.1, -0.05) is 6.07 Å². The maximum absolute atomic E-state index is 12.4. The molecule has 0 bridgehead atoms. The van der Waals surface area contributed by atoms with Crippen molar-refractivity contribution in [2.24, 2.45) is 0 Å². The fourth-order valence-electron chi connectivity index (χ4n) is 2.88. The molecule has 7 heteroatoms. The van der Waals surface area contributed by atoms with Crippen molar-refractivity contribution >= 4 is 5.91 Å². The highest BCUT2D eigenvalue weighted by Crippen LogP contribution is 2.28. The second-order valence-corrected chi connectivity index (χ2v) is 6.39. The van der Waals surface area contributed by atoms with E-state index >= 15 is 0 Å². The molecule has 2 aromatic rings. The lowest BCUT2D eigenvalue weighted by molar-refractivity contribution is 0.0582. The summed E-state index contributed by atoms with van der Waals surface area (Å²) < 4.78 is 21.9. The van der Waals surface area contributed by atoms with E-state index in [1.54, 1.807) is 19.1 Å². The van der Waals surface area contributed by atoms with Gasteiger partial charge < -0.3 is 23.5 Å². The molecule has 140 valence electrons. The van der Waals surface area contributed by atoms with Crippen LogP contribution in [0.1, 0.15) is 34.8 Å². The van der Waals surface area contributed by atoms with E-state index in [1.807, 2.05) is 25.1 Å². The van der Waals surface area contributed by atoms with Crippen molar-refractivity contribution in [3.8, 4) is 11.5 Å². The van der Waals surface area contributed by atoms with Gasteiger partial charge in [0.15, 0.2) is 23.8 Å². The Morgan fingerprint density at radius 1 is 1.38 bits per heavy atom. The number of likely N-dealkylation sites (N-methyl/N-ethyl adjacent to an activating group) is 1. The largest absolute Gasteiger partial charge is 0.493 e. The van der Waals surface area contributed by atoms with Crippen LogP contribution < -0.4 is 9.47 Å². The molecule has 1 aliphatic heterocycles. The molecule has 0 unspecified atom stereocenters. The quantitative estimate of drug-likeness (QED) is 0.756. The van der Waals surface area contributed by atoms with Gasteiger partial charge in [-0.25, -0.2) is 4.98 Å². The Labute approximate surface area is 152 Å². The van der Waals surface area contributed by atoms with Crippen LogP contribution in [0.5, 0.6) is 11.5 Å². The van der Waals surface area contributed by atoms with Crippen LogP contribution in [0.3, 0.4) is 0 Å². The summed E-state index contributed by atoms with van der Waals surface area (Å²) in [7, 11) is 3.33. The first-order valence-corrected chi connectivity index (χ1v) is 8.65. The second-order valence-electron chi connectivity index (χ2n) is 6.39. The van der Waals surface area contributed by atoms with Gasteiger partial charge in [-0.3, -0.25) is 4.79 Å². The molecule has 0 radical (unpaired) electrons. The summed E-state index contributed by atoms with van der Waals surface area (Å²) in [5, 5.41) is 0. The third-order valence-corrected chi connectivity index (χ3v) is 4.29. The summed E-state index contributed by atoms with van der Waals surface area (Å²) in [6.45, 7) is 3.41. The lowest BCUT2D eigenvalue weighted by Gasteiger charge is -2.19. The van der Waals surface area contributed by atoms with Crippen LogP contribution in [-0.4, -0.2) is 49.2 Å². The smallest absolute Gasteiger partial charge is 0.275 e. The number of nitrogens with zero attached hydrogens (tertiary/aromatic N) is 2. The zero-order valence-corrected chi connectivity index (χ0v) is 15.4. The molecular formula is C19H24N2O5. The molecule has 0 aliphatic carbocycles. The highest BCUT2D eigenvalue weighted by atomic mass is 16.5. The molecule has 1 saturated heterocycles. The maximum atomic E-state index is 12.4. The van der Waals surface area contributed by atoms with E-state index in [4.69, 9.17) is 18.6 Å². The van der Waals surface area contributed by atoms with E-state index in [9.17, 15) is 4.79 Å². The van der Waals surface area contributed by atoms with Gasteiger partial charge in [0, 0.05) is 20.2 Å². The van der Waals surface area contributed by atoms with Gasteiger partial charge in [0.1, 0.15) is 6.26 Å². The molecule has 26 heavy (non-hydrogen) atoms. The Hall–Kier alpha value is -2.54. The third kappa shape index (κ3) is 4.35. The average Bonchev–Trinajstić information content (AvgIpc) is 3.31. The highest BCUT2D eigenvalue weighted by Gasteiger charge is 2.23. The molecule has 1 aliphatic rings. The van der Waals surface area contributed by atoms with Crippen LogP contribution >= 0.6 is 0 Å².